The smallest absolute Gasteiger partial charge is 0.356 e. The van der Waals surface area contributed by atoms with Crippen molar-refractivity contribution in [2.24, 2.45) is 0 Å². The van der Waals surface area contributed by atoms with E-state index in [4.69, 9.17) is 24.3 Å². The third kappa shape index (κ3) is 4.64. The van der Waals surface area contributed by atoms with Gasteiger partial charge in [0.2, 0.25) is 0 Å². The predicted molar refractivity (Wildman–Crippen MR) is 87.5 cm³/mol. The SMILES string of the molecule is CCOP(=O)(CO[C@]1(C)CC[C@H](n2ccc(N)nc2=O)O1)OCC. The van der Waals surface area contributed by atoms with Gasteiger partial charge in [0, 0.05) is 12.6 Å². The molecule has 0 unspecified atom stereocenters. The van der Waals surface area contributed by atoms with Crippen molar-refractivity contribution < 1.29 is 23.1 Å². The Hall–Kier alpha value is -1.25. The number of hydrogen-bond acceptors (Lipinski definition) is 8. The number of anilines is 1. The first-order valence-corrected chi connectivity index (χ1v) is 9.58. The summed E-state index contributed by atoms with van der Waals surface area (Å²) in [6.45, 7) is 5.71. The van der Waals surface area contributed by atoms with E-state index >= 15 is 0 Å². The van der Waals surface area contributed by atoms with E-state index < -0.39 is 25.3 Å². The Bertz CT molecular complexity index is 656. The first-order chi connectivity index (χ1) is 11.3. The molecule has 1 aromatic rings. The molecule has 0 aliphatic carbocycles. The van der Waals surface area contributed by atoms with Crippen LogP contribution >= 0.6 is 7.60 Å². The van der Waals surface area contributed by atoms with E-state index in [1.807, 2.05) is 0 Å². The highest BCUT2D eigenvalue weighted by Crippen LogP contribution is 2.50. The molecule has 1 saturated heterocycles. The Labute approximate surface area is 140 Å². The molecule has 2 atom stereocenters. The Morgan fingerprint density at radius 2 is 2.12 bits per heavy atom. The lowest BCUT2D eigenvalue weighted by Gasteiger charge is -2.27. The van der Waals surface area contributed by atoms with Gasteiger partial charge in [-0.3, -0.25) is 9.13 Å². The van der Waals surface area contributed by atoms with Gasteiger partial charge >= 0.3 is 13.3 Å². The lowest BCUT2D eigenvalue weighted by Crippen LogP contribution is -2.32. The molecule has 9 nitrogen and oxygen atoms in total. The van der Waals surface area contributed by atoms with Crippen LogP contribution in [0.2, 0.25) is 0 Å². The summed E-state index contributed by atoms with van der Waals surface area (Å²) in [5, 5.41) is 0. The van der Waals surface area contributed by atoms with Crippen molar-refractivity contribution in [1.82, 2.24) is 9.55 Å². The Morgan fingerprint density at radius 3 is 2.71 bits per heavy atom. The van der Waals surface area contributed by atoms with Gasteiger partial charge in [0.05, 0.1) is 13.2 Å². The normalized spacial score (nSPS) is 24.4. The van der Waals surface area contributed by atoms with Crippen molar-refractivity contribution in [3.05, 3.63) is 22.7 Å². The van der Waals surface area contributed by atoms with Gasteiger partial charge in [0.25, 0.3) is 0 Å². The fourth-order valence-corrected chi connectivity index (χ4v) is 3.90. The third-order valence-electron chi connectivity index (χ3n) is 3.57. The maximum absolute atomic E-state index is 12.5. The molecule has 1 aliphatic heterocycles. The van der Waals surface area contributed by atoms with E-state index in [9.17, 15) is 9.36 Å². The summed E-state index contributed by atoms with van der Waals surface area (Å²) in [4.78, 5) is 15.6. The van der Waals surface area contributed by atoms with Gasteiger partial charge in [0.15, 0.2) is 12.1 Å². The summed E-state index contributed by atoms with van der Waals surface area (Å²) in [5.74, 6) is -0.836. The zero-order chi connectivity index (χ0) is 17.8. The van der Waals surface area contributed by atoms with Gasteiger partial charge in [0.1, 0.15) is 12.0 Å². The van der Waals surface area contributed by atoms with Crippen LogP contribution in [0.25, 0.3) is 0 Å². The molecule has 0 spiro atoms. The van der Waals surface area contributed by atoms with E-state index in [1.54, 1.807) is 20.8 Å². The molecule has 2 rings (SSSR count). The van der Waals surface area contributed by atoms with Crippen LogP contribution in [0.15, 0.2) is 17.1 Å². The summed E-state index contributed by atoms with van der Waals surface area (Å²) < 4.78 is 35.7. The number of nitrogens with two attached hydrogens (primary N) is 1. The van der Waals surface area contributed by atoms with Crippen LogP contribution in [0.5, 0.6) is 0 Å². The molecule has 2 heterocycles. The summed E-state index contributed by atoms with van der Waals surface area (Å²) in [6, 6.07) is 1.53. The monoisotopic (exact) mass is 361 g/mol. The molecule has 0 radical (unpaired) electrons. The van der Waals surface area contributed by atoms with Crippen LogP contribution in [0, 0.1) is 0 Å². The zero-order valence-corrected chi connectivity index (χ0v) is 15.0. The average Bonchev–Trinajstić information content (AvgIpc) is 2.89. The van der Waals surface area contributed by atoms with Crippen molar-refractivity contribution in [2.45, 2.75) is 45.6 Å². The number of nitrogens with zero attached hydrogens (tertiary/aromatic N) is 2. The van der Waals surface area contributed by atoms with Crippen molar-refractivity contribution in [2.75, 3.05) is 25.3 Å². The molecule has 10 heteroatoms. The molecule has 0 aromatic carbocycles. The van der Waals surface area contributed by atoms with Crippen molar-refractivity contribution >= 4 is 13.4 Å². The third-order valence-corrected chi connectivity index (χ3v) is 5.32. The molecular weight excluding hydrogens is 337 g/mol. The molecule has 136 valence electrons. The number of aromatic nitrogens is 2. The molecule has 1 aliphatic rings. The van der Waals surface area contributed by atoms with Crippen LogP contribution in [0.3, 0.4) is 0 Å². The standard InChI is InChI=1S/C14H24N3O6P/c1-4-21-24(19,22-5-2)10-20-14(3)8-6-12(23-14)17-9-7-11(15)16-13(17)18/h7,9,12H,4-6,8,10H2,1-3H3,(H2,15,16,18)/t12-,14+/m1/s1. The quantitative estimate of drug-likeness (QED) is 0.700. The first-order valence-electron chi connectivity index (χ1n) is 7.85. The van der Waals surface area contributed by atoms with Crippen molar-refractivity contribution in [3.8, 4) is 0 Å². The molecule has 0 saturated carbocycles. The fraction of sp³-hybridized carbons (Fsp3) is 0.714. The minimum Gasteiger partial charge on any atom is -0.383 e. The molecule has 0 bridgehead atoms. The van der Waals surface area contributed by atoms with Crippen LogP contribution in [0.4, 0.5) is 5.82 Å². The number of hydrogen-bond donors (Lipinski definition) is 1. The van der Waals surface area contributed by atoms with Crippen molar-refractivity contribution in [3.63, 3.8) is 0 Å². The maximum Gasteiger partial charge on any atom is 0.356 e. The Balaban J connectivity index is 2.02. The van der Waals surface area contributed by atoms with E-state index in [2.05, 4.69) is 4.98 Å². The first kappa shape index (κ1) is 19.1. The average molecular weight is 361 g/mol. The fourth-order valence-electron chi connectivity index (χ4n) is 2.46. The van der Waals surface area contributed by atoms with Gasteiger partial charge < -0.3 is 24.3 Å². The van der Waals surface area contributed by atoms with Gasteiger partial charge in [-0.05, 0) is 33.3 Å². The van der Waals surface area contributed by atoms with Crippen LogP contribution in [-0.2, 0) is 23.1 Å². The number of rotatable bonds is 8. The maximum atomic E-state index is 12.5. The van der Waals surface area contributed by atoms with Gasteiger partial charge in [-0.1, -0.05) is 0 Å². The van der Waals surface area contributed by atoms with Gasteiger partial charge in [-0.2, -0.15) is 4.98 Å². The minimum atomic E-state index is -3.32. The van der Waals surface area contributed by atoms with Crippen molar-refractivity contribution in [1.29, 1.82) is 0 Å². The zero-order valence-electron chi connectivity index (χ0n) is 14.1. The molecule has 1 aromatic heterocycles. The highest BCUT2D eigenvalue weighted by molar-refractivity contribution is 7.53. The van der Waals surface area contributed by atoms with Crippen LogP contribution in [-0.4, -0.2) is 34.9 Å². The summed E-state index contributed by atoms with van der Waals surface area (Å²) in [5.41, 5.74) is 5.00. The van der Waals surface area contributed by atoms with Gasteiger partial charge in [-0.15, -0.1) is 0 Å². The van der Waals surface area contributed by atoms with E-state index in [-0.39, 0.29) is 25.4 Å². The topological polar surface area (TPSA) is 115 Å². The summed E-state index contributed by atoms with van der Waals surface area (Å²) in [7, 11) is -3.32. The van der Waals surface area contributed by atoms with E-state index in [0.29, 0.717) is 12.8 Å². The molecule has 24 heavy (non-hydrogen) atoms. The second-order valence-corrected chi connectivity index (χ2v) is 7.50. The Kier molecular flexibility index (Phi) is 6.17. The molecule has 2 N–H and O–H groups in total. The lowest BCUT2D eigenvalue weighted by molar-refractivity contribution is -0.220. The molecule has 1 fully saturated rings. The largest absolute Gasteiger partial charge is 0.383 e. The minimum absolute atomic E-state index is 0.155. The predicted octanol–water partition coefficient (Wildman–Crippen LogP) is 2.09. The van der Waals surface area contributed by atoms with Gasteiger partial charge in [-0.25, -0.2) is 4.79 Å². The highest BCUT2D eigenvalue weighted by Gasteiger charge is 2.40. The summed E-state index contributed by atoms with van der Waals surface area (Å²) >= 11 is 0. The lowest BCUT2D eigenvalue weighted by atomic mass is 10.2. The van der Waals surface area contributed by atoms with E-state index in [0.717, 1.165) is 0 Å². The molecule has 0 amide bonds. The second-order valence-electron chi connectivity index (χ2n) is 5.51. The number of nitrogen functional groups attached to an aromatic ring is 1. The van der Waals surface area contributed by atoms with Crippen LogP contribution < -0.4 is 11.4 Å². The molecular formula is C14H24N3O6P. The van der Waals surface area contributed by atoms with E-state index in [1.165, 1.54) is 16.8 Å². The second kappa shape index (κ2) is 7.76. The highest BCUT2D eigenvalue weighted by atomic mass is 31.2. The van der Waals surface area contributed by atoms with Crippen LogP contribution in [0.1, 0.15) is 39.8 Å². The number of ether oxygens (including phenoxy) is 2. The Morgan fingerprint density at radius 1 is 1.46 bits per heavy atom. The summed E-state index contributed by atoms with van der Waals surface area (Å²) in [6.07, 6.45) is 1.87.